The Morgan fingerprint density at radius 1 is 1.05 bits per heavy atom. The van der Waals surface area contributed by atoms with Crippen LogP contribution in [0.1, 0.15) is 29.9 Å². The van der Waals surface area contributed by atoms with Crippen molar-refractivity contribution in [2.24, 2.45) is 0 Å². The quantitative estimate of drug-likeness (QED) is 0.913. The number of rotatable bonds is 4. The predicted molar refractivity (Wildman–Crippen MR) is 74.3 cm³/mol. The molecule has 2 rings (SSSR count). The van der Waals surface area contributed by atoms with E-state index in [1.807, 2.05) is 38.1 Å². The molecule has 1 unspecified atom stereocenters. The van der Waals surface area contributed by atoms with Crippen molar-refractivity contribution in [3.8, 4) is 5.75 Å². The van der Waals surface area contributed by atoms with Crippen LogP contribution in [0.5, 0.6) is 5.75 Å². The summed E-state index contributed by atoms with van der Waals surface area (Å²) in [7, 11) is 1.66. The summed E-state index contributed by atoms with van der Waals surface area (Å²) in [5.41, 5.74) is 2.88. The maximum Gasteiger partial charge on any atom is 0.243 e. The highest BCUT2D eigenvalue weighted by Gasteiger charge is 2.08. The van der Waals surface area contributed by atoms with Crippen molar-refractivity contribution in [3.63, 3.8) is 0 Å². The normalized spacial score (nSPS) is 12.0. The average molecular weight is 258 g/mol. The van der Waals surface area contributed by atoms with E-state index in [1.165, 1.54) is 0 Å². The first-order valence-electron chi connectivity index (χ1n) is 6.18. The highest BCUT2D eigenvalue weighted by Crippen LogP contribution is 2.19. The number of nitrogens with one attached hydrogen (secondary N) is 1. The van der Waals surface area contributed by atoms with Crippen molar-refractivity contribution >= 4 is 5.95 Å². The van der Waals surface area contributed by atoms with E-state index in [9.17, 15) is 0 Å². The molecule has 0 saturated carbocycles. The number of aromatic nitrogens is 3. The summed E-state index contributed by atoms with van der Waals surface area (Å²) >= 11 is 0. The molecule has 1 aromatic carbocycles. The van der Waals surface area contributed by atoms with E-state index in [-0.39, 0.29) is 6.04 Å². The molecule has 0 saturated heterocycles. The minimum Gasteiger partial charge on any atom is -0.497 e. The third kappa shape index (κ3) is 3.19. The van der Waals surface area contributed by atoms with Gasteiger partial charge in [-0.25, -0.2) is 4.98 Å². The van der Waals surface area contributed by atoms with E-state index in [4.69, 9.17) is 4.74 Å². The van der Waals surface area contributed by atoms with Gasteiger partial charge in [0.15, 0.2) is 0 Å². The maximum absolute atomic E-state index is 5.14. The minimum absolute atomic E-state index is 0.106. The lowest BCUT2D eigenvalue weighted by molar-refractivity contribution is 0.414. The summed E-state index contributed by atoms with van der Waals surface area (Å²) in [4.78, 5) is 4.36. The van der Waals surface area contributed by atoms with Gasteiger partial charge in [0.1, 0.15) is 5.75 Å². The molecule has 19 heavy (non-hydrogen) atoms. The van der Waals surface area contributed by atoms with E-state index in [2.05, 4.69) is 27.4 Å². The third-order valence-electron chi connectivity index (χ3n) is 3.05. The molecule has 5 nitrogen and oxygen atoms in total. The zero-order valence-corrected chi connectivity index (χ0v) is 11.6. The topological polar surface area (TPSA) is 59.9 Å². The molecule has 1 heterocycles. The highest BCUT2D eigenvalue weighted by molar-refractivity contribution is 5.34. The Hall–Kier alpha value is -2.17. The summed E-state index contributed by atoms with van der Waals surface area (Å²) in [6, 6.07) is 8.02. The van der Waals surface area contributed by atoms with Gasteiger partial charge >= 0.3 is 0 Å². The number of hydrogen-bond donors (Lipinski definition) is 1. The molecule has 2 aromatic rings. The van der Waals surface area contributed by atoms with Crippen LogP contribution in [0.2, 0.25) is 0 Å². The minimum atomic E-state index is 0.106. The van der Waals surface area contributed by atoms with E-state index >= 15 is 0 Å². The molecule has 0 aliphatic carbocycles. The summed E-state index contributed by atoms with van der Waals surface area (Å²) in [6.45, 7) is 5.87. The van der Waals surface area contributed by atoms with Gasteiger partial charge in [0.25, 0.3) is 0 Å². The monoisotopic (exact) mass is 258 g/mol. The van der Waals surface area contributed by atoms with E-state index in [0.717, 1.165) is 22.7 Å². The first-order chi connectivity index (χ1) is 9.10. The fourth-order valence-corrected chi connectivity index (χ4v) is 1.69. The molecule has 0 bridgehead atoms. The third-order valence-corrected chi connectivity index (χ3v) is 3.05. The van der Waals surface area contributed by atoms with Crippen LogP contribution in [0.3, 0.4) is 0 Å². The van der Waals surface area contributed by atoms with Gasteiger partial charge in [-0.2, -0.15) is 5.10 Å². The molecule has 0 fully saturated rings. The van der Waals surface area contributed by atoms with Crippen LogP contribution in [0, 0.1) is 13.8 Å². The summed E-state index contributed by atoms with van der Waals surface area (Å²) in [5, 5.41) is 11.3. The highest BCUT2D eigenvalue weighted by atomic mass is 16.5. The van der Waals surface area contributed by atoms with Crippen LogP contribution in [-0.4, -0.2) is 22.3 Å². The summed E-state index contributed by atoms with van der Waals surface area (Å²) in [5.74, 6) is 1.39. The SMILES string of the molecule is COc1ccc(C(C)Nc2nnc(C)c(C)n2)cc1. The largest absolute Gasteiger partial charge is 0.497 e. The second kappa shape index (κ2) is 5.65. The Morgan fingerprint density at radius 2 is 1.74 bits per heavy atom. The first kappa shape index (κ1) is 13.3. The van der Waals surface area contributed by atoms with E-state index in [1.54, 1.807) is 7.11 Å². The molecular weight excluding hydrogens is 240 g/mol. The number of nitrogens with zero attached hydrogens (tertiary/aromatic N) is 3. The summed E-state index contributed by atoms with van der Waals surface area (Å²) < 4.78 is 5.14. The van der Waals surface area contributed by atoms with Gasteiger partial charge in [-0.05, 0) is 38.5 Å². The summed E-state index contributed by atoms with van der Waals surface area (Å²) in [6.07, 6.45) is 0. The van der Waals surface area contributed by atoms with Crippen molar-refractivity contribution in [2.75, 3.05) is 12.4 Å². The van der Waals surface area contributed by atoms with Crippen LogP contribution < -0.4 is 10.1 Å². The molecule has 5 heteroatoms. The zero-order chi connectivity index (χ0) is 13.8. The molecule has 0 spiro atoms. The standard InChI is InChI=1S/C14H18N4O/c1-9-10(2)17-18-14(15-9)16-11(3)12-5-7-13(19-4)8-6-12/h5-8,11H,1-4H3,(H,15,16,18). The van der Waals surface area contributed by atoms with Crippen LogP contribution >= 0.6 is 0 Å². The van der Waals surface area contributed by atoms with Gasteiger partial charge in [0.05, 0.1) is 24.5 Å². The molecule has 0 aliphatic heterocycles. The van der Waals surface area contributed by atoms with Crippen molar-refractivity contribution in [1.82, 2.24) is 15.2 Å². The van der Waals surface area contributed by atoms with Gasteiger partial charge in [-0.1, -0.05) is 12.1 Å². The fraction of sp³-hybridized carbons (Fsp3) is 0.357. The fourth-order valence-electron chi connectivity index (χ4n) is 1.69. The van der Waals surface area contributed by atoms with Crippen LogP contribution in [-0.2, 0) is 0 Å². The smallest absolute Gasteiger partial charge is 0.243 e. The average Bonchev–Trinajstić information content (AvgIpc) is 2.43. The molecular formula is C14H18N4O. The van der Waals surface area contributed by atoms with Gasteiger partial charge in [-0.15, -0.1) is 5.10 Å². The Kier molecular flexibility index (Phi) is 3.94. The lowest BCUT2D eigenvalue weighted by atomic mass is 10.1. The second-order valence-electron chi connectivity index (χ2n) is 4.45. The lowest BCUT2D eigenvalue weighted by Gasteiger charge is -2.14. The van der Waals surface area contributed by atoms with E-state index in [0.29, 0.717) is 5.95 Å². The number of methoxy groups -OCH3 is 1. The van der Waals surface area contributed by atoms with Crippen molar-refractivity contribution < 1.29 is 4.74 Å². The van der Waals surface area contributed by atoms with Crippen molar-refractivity contribution in [1.29, 1.82) is 0 Å². The van der Waals surface area contributed by atoms with Crippen LogP contribution in [0.4, 0.5) is 5.95 Å². The number of hydrogen-bond acceptors (Lipinski definition) is 5. The van der Waals surface area contributed by atoms with Gasteiger partial charge in [-0.3, -0.25) is 0 Å². The van der Waals surface area contributed by atoms with Crippen molar-refractivity contribution in [2.45, 2.75) is 26.8 Å². The van der Waals surface area contributed by atoms with Crippen molar-refractivity contribution in [3.05, 3.63) is 41.2 Å². The second-order valence-corrected chi connectivity index (χ2v) is 4.45. The first-order valence-corrected chi connectivity index (χ1v) is 6.18. The number of benzene rings is 1. The lowest BCUT2D eigenvalue weighted by Crippen LogP contribution is -2.11. The number of ether oxygens (including phenoxy) is 1. The van der Waals surface area contributed by atoms with Crippen LogP contribution in [0.15, 0.2) is 24.3 Å². The Balaban J connectivity index is 2.10. The molecule has 100 valence electrons. The number of aryl methyl sites for hydroxylation is 2. The van der Waals surface area contributed by atoms with Crippen LogP contribution in [0.25, 0.3) is 0 Å². The maximum atomic E-state index is 5.14. The molecule has 0 amide bonds. The van der Waals surface area contributed by atoms with Gasteiger partial charge in [0, 0.05) is 0 Å². The Morgan fingerprint density at radius 3 is 2.32 bits per heavy atom. The Bertz CT molecular complexity index is 554. The molecule has 0 aliphatic rings. The van der Waals surface area contributed by atoms with E-state index < -0.39 is 0 Å². The van der Waals surface area contributed by atoms with Gasteiger partial charge in [0.2, 0.25) is 5.95 Å². The van der Waals surface area contributed by atoms with Gasteiger partial charge < -0.3 is 10.1 Å². The number of anilines is 1. The molecule has 1 aromatic heterocycles. The predicted octanol–water partition coefficient (Wildman–Crippen LogP) is 2.67. The molecule has 1 atom stereocenters. The molecule has 0 radical (unpaired) electrons. The Labute approximate surface area is 113 Å². The molecule has 1 N–H and O–H groups in total. The zero-order valence-electron chi connectivity index (χ0n) is 11.6.